The van der Waals surface area contributed by atoms with Gasteiger partial charge in [-0.05, 0) is 62.1 Å². The summed E-state index contributed by atoms with van der Waals surface area (Å²) in [5.41, 5.74) is 1.99. The van der Waals surface area contributed by atoms with Gasteiger partial charge in [-0.15, -0.1) is 13.2 Å². The molecule has 9 heteroatoms. The topological polar surface area (TPSA) is 66.8 Å². The van der Waals surface area contributed by atoms with Gasteiger partial charge in [-0.2, -0.15) is 0 Å². The molecule has 0 saturated heterocycles. The summed E-state index contributed by atoms with van der Waals surface area (Å²) in [7, 11) is 1.56. The molecule has 1 aliphatic rings. The van der Waals surface area contributed by atoms with Crippen molar-refractivity contribution in [3.63, 3.8) is 0 Å². The molecule has 0 aliphatic heterocycles. The molecule has 1 aromatic heterocycles. The van der Waals surface area contributed by atoms with Crippen LogP contribution < -0.4 is 14.2 Å². The van der Waals surface area contributed by atoms with Gasteiger partial charge in [0.05, 0.1) is 23.7 Å². The van der Waals surface area contributed by atoms with Crippen molar-refractivity contribution >= 4 is 22.8 Å². The number of carbonyl (C=O) groups excluding carboxylic acids is 2. The Morgan fingerprint density at radius 2 is 1.73 bits per heavy atom. The van der Waals surface area contributed by atoms with E-state index in [4.69, 9.17) is 9.47 Å². The first-order valence-electron chi connectivity index (χ1n) is 10.4. The fourth-order valence-electron chi connectivity index (χ4n) is 4.22. The lowest BCUT2D eigenvalue weighted by molar-refractivity contribution is -0.274. The standard InChI is InChI=1S/C24H22F3NO5/c1-13-22(32-14(2)29)21-18(11-12-19(31-3)20(21)15-5-4-6-15)28(13)23(30)16-7-9-17(10-8-16)33-24(25,26)27/h7-12,15H,4-6H2,1-3H3. The normalized spacial score (nSPS) is 14.1. The zero-order valence-corrected chi connectivity index (χ0v) is 18.3. The van der Waals surface area contributed by atoms with Crippen molar-refractivity contribution in [1.29, 1.82) is 0 Å². The van der Waals surface area contributed by atoms with Crippen LogP contribution in [0, 0.1) is 6.92 Å². The maximum Gasteiger partial charge on any atom is 0.573 e. The summed E-state index contributed by atoms with van der Waals surface area (Å²) < 4.78 is 53.8. The van der Waals surface area contributed by atoms with E-state index in [2.05, 4.69) is 4.74 Å². The van der Waals surface area contributed by atoms with Crippen LogP contribution in [0.4, 0.5) is 13.2 Å². The molecule has 1 fully saturated rings. The lowest BCUT2D eigenvalue weighted by atomic mass is 9.78. The van der Waals surface area contributed by atoms with Crippen LogP contribution in [0.5, 0.6) is 17.2 Å². The smallest absolute Gasteiger partial charge is 0.496 e. The van der Waals surface area contributed by atoms with E-state index < -0.39 is 24.0 Å². The summed E-state index contributed by atoms with van der Waals surface area (Å²) in [6.07, 6.45) is -1.85. The second-order valence-electron chi connectivity index (χ2n) is 7.92. The minimum Gasteiger partial charge on any atom is -0.496 e. The molecular weight excluding hydrogens is 439 g/mol. The fourth-order valence-corrected chi connectivity index (χ4v) is 4.22. The van der Waals surface area contributed by atoms with Crippen LogP contribution in [0.1, 0.15) is 53.7 Å². The largest absolute Gasteiger partial charge is 0.573 e. The Kier molecular flexibility index (Phi) is 5.82. The number of ether oxygens (including phenoxy) is 3. The van der Waals surface area contributed by atoms with E-state index in [-0.39, 0.29) is 17.2 Å². The van der Waals surface area contributed by atoms with Crippen LogP contribution in [0.2, 0.25) is 0 Å². The van der Waals surface area contributed by atoms with Crippen molar-refractivity contribution < 1.29 is 37.0 Å². The number of fused-ring (bicyclic) bond motifs is 1. The van der Waals surface area contributed by atoms with E-state index in [1.807, 2.05) is 0 Å². The predicted octanol–water partition coefficient (Wildman–Crippen LogP) is 5.74. The van der Waals surface area contributed by atoms with Gasteiger partial charge in [-0.1, -0.05) is 6.42 Å². The van der Waals surface area contributed by atoms with E-state index >= 15 is 0 Å². The number of alkyl halides is 3. The lowest BCUT2D eigenvalue weighted by Crippen LogP contribution is -2.17. The minimum absolute atomic E-state index is 0.153. The summed E-state index contributed by atoms with van der Waals surface area (Å²) in [6, 6.07) is 8.18. The number of hydrogen-bond donors (Lipinski definition) is 0. The van der Waals surface area contributed by atoms with Crippen molar-refractivity contribution in [1.82, 2.24) is 4.57 Å². The first-order valence-corrected chi connectivity index (χ1v) is 10.4. The molecule has 3 aromatic rings. The fraction of sp³-hybridized carbons (Fsp3) is 0.333. The Morgan fingerprint density at radius 1 is 1.06 bits per heavy atom. The van der Waals surface area contributed by atoms with Gasteiger partial charge in [-0.3, -0.25) is 14.2 Å². The SMILES string of the molecule is COc1ccc2c(c(OC(C)=O)c(C)n2C(=O)c2ccc(OC(F)(F)F)cc2)c1C1CCC1. The van der Waals surface area contributed by atoms with Crippen LogP contribution in [0.15, 0.2) is 36.4 Å². The molecule has 1 saturated carbocycles. The zero-order valence-electron chi connectivity index (χ0n) is 18.3. The summed E-state index contributed by atoms with van der Waals surface area (Å²) in [4.78, 5) is 25.3. The highest BCUT2D eigenvalue weighted by molar-refractivity contribution is 6.07. The Bertz CT molecular complexity index is 1220. The van der Waals surface area contributed by atoms with E-state index in [9.17, 15) is 22.8 Å². The molecule has 6 nitrogen and oxygen atoms in total. The molecule has 1 heterocycles. The molecular formula is C24H22F3NO5. The molecule has 0 N–H and O–H groups in total. The maximum atomic E-state index is 13.4. The van der Waals surface area contributed by atoms with Gasteiger partial charge < -0.3 is 14.2 Å². The average molecular weight is 461 g/mol. The number of rotatable bonds is 5. The van der Waals surface area contributed by atoms with Crippen molar-refractivity contribution in [3.05, 3.63) is 53.2 Å². The van der Waals surface area contributed by atoms with Crippen molar-refractivity contribution in [2.75, 3.05) is 7.11 Å². The lowest BCUT2D eigenvalue weighted by Gasteiger charge is -2.28. The van der Waals surface area contributed by atoms with Crippen LogP contribution >= 0.6 is 0 Å². The zero-order chi connectivity index (χ0) is 23.9. The predicted molar refractivity (Wildman–Crippen MR) is 114 cm³/mol. The summed E-state index contributed by atoms with van der Waals surface area (Å²) in [5, 5.41) is 0.636. The average Bonchev–Trinajstić information content (AvgIpc) is 2.97. The van der Waals surface area contributed by atoms with Crippen LogP contribution in [-0.4, -0.2) is 29.9 Å². The number of methoxy groups -OCH3 is 1. The van der Waals surface area contributed by atoms with Gasteiger partial charge in [0.1, 0.15) is 11.5 Å². The highest BCUT2D eigenvalue weighted by Crippen LogP contribution is 2.48. The Morgan fingerprint density at radius 3 is 2.24 bits per heavy atom. The number of aromatic nitrogens is 1. The van der Waals surface area contributed by atoms with Crippen molar-refractivity contribution in [2.45, 2.75) is 45.4 Å². The highest BCUT2D eigenvalue weighted by atomic mass is 19.4. The van der Waals surface area contributed by atoms with Gasteiger partial charge >= 0.3 is 12.3 Å². The molecule has 174 valence electrons. The van der Waals surface area contributed by atoms with E-state index in [1.54, 1.807) is 26.2 Å². The maximum absolute atomic E-state index is 13.4. The Balaban J connectivity index is 1.86. The van der Waals surface area contributed by atoms with Gasteiger partial charge in [0.2, 0.25) is 0 Å². The van der Waals surface area contributed by atoms with Crippen molar-refractivity contribution in [2.24, 2.45) is 0 Å². The highest BCUT2D eigenvalue weighted by Gasteiger charge is 2.32. The van der Waals surface area contributed by atoms with E-state index in [1.165, 1.54) is 23.6 Å². The van der Waals surface area contributed by atoms with Crippen LogP contribution in [-0.2, 0) is 4.79 Å². The molecule has 4 rings (SSSR count). The van der Waals surface area contributed by atoms with Gasteiger partial charge in [0, 0.05) is 18.1 Å². The molecule has 0 spiro atoms. The molecule has 0 atom stereocenters. The molecule has 2 aromatic carbocycles. The van der Waals surface area contributed by atoms with Gasteiger partial charge in [0.25, 0.3) is 5.91 Å². The summed E-state index contributed by atoms with van der Waals surface area (Å²) in [5.74, 6) is -0.282. The number of halogens is 3. The Hall–Kier alpha value is -3.49. The first-order chi connectivity index (χ1) is 15.6. The third-order valence-corrected chi connectivity index (χ3v) is 5.83. The molecule has 1 aliphatic carbocycles. The minimum atomic E-state index is -4.82. The molecule has 33 heavy (non-hydrogen) atoms. The number of carbonyl (C=O) groups is 2. The first kappa shape index (κ1) is 22.7. The summed E-state index contributed by atoms with van der Waals surface area (Å²) in [6.45, 7) is 2.95. The van der Waals surface area contributed by atoms with Crippen LogP contribution in [0.25, 0.3) is 10.9 Å². The molecule has 0 radical (unpaired) electrons. The quantitative estimate of drug-likeness (QED) is 0.454. The third-order valence-electron chi connectivity index (χ3n) is 5.83. The second-order valence-corrected chi connectivity index (χ2v) is 7.92. The number of esters is 1. The van der Waals surface area contributed by atoms with Gasteiger partial charge in [-0.25, -0.2) is 0 Å². The van der Waals surface area contributed by atoms with Crippen molar-refractivity contribution in [3.8, 4) is 17.2 Å². The van der Waals surface area contributed by atoms with Gasteiger partial charge in [0.15, 0.2) is 5.75 Å². The number of hydrogen-bond acceptors (Lipinski definition) is 5. The van der Waals surface area contributed by atoms with E-state index in [0.717, 1.165) is 37.0 Å². The second kappa shape index (κ2) is 8.46. The number of benzene rings is 2. The third kappa shape index (κ3) is 4.27. The Labute approximate surface area is 187 Å². The van der Waals surface area contributed by atoms with Crippen LogP contribution in [0.3, 0.4) is 0 Å². The molecule has 0 bridgehead atoms. The van der Waals surface area contributed by atoms with E-state index in [0.29, 0.717) is 22.3 Å². The monoisotopic (exact) mass is 461 g/mol. The summed E-state index contributed by atoms with van der Waals surface area (Å²) >= 11 is 0. The molecule has 0 unspecified atom stereocenters. The molecule has 0 amide bonds. The number of nitrogens with zero attached hydrogens (tertiary/aromatic N) is 1.